The highest BCUT2D eigenvalue weighted by molar-refractivity contribution is 5.74. The summed E-state index contributed by atoms with van der Waals surface area (Å²) in [5.74, 6) is 0.795. The lowest BCUT2D eigenvalue weighted by atomic mass is 10.1. The van der Waals surface area contributed by atoms with Gasteiger partial charge < -0.3 is 9.47 Å². The van der Waals surface area contributed by atoms with Gasteiger partial charge >= 0.3 is 5.97 Å². The SMILES string of the molecule is C=CCc1ccccc1OCC(=O)Oc1ccc(CC)cc1. The maximum Gasteiger partial charge on any atom is 0.349 e. The van der Waals surface area contributed by atoms with Crippen LogP contribution in [0.1, 0.15) is 18.1 Å². The standard InChI is InChI=1S/C19H20O3/c1-3-7-16-8-5-6-9-18(16)21-14-19(20)22-17-12-10-15(4-2)11-13-17/h3,5-6,8-13H,1,4,7,14H2,2H3. The molecule has 0 radical (unpaired) electrons. The molecule has 22 heavy (non-hydrogen) atoms. The van der Waals surface area contributed by atoms with Crippen LogP contribution in [-0.2, 0) is 17.6 Å². The van der Waals surface area contributed by atoms with E-state index in [9.17, 15) is 4.79 Å². The van der Waals surface area contributed by atoms with Gasteiger partial charge in [-0.05, 0) is 42.2 Å². The Kier molecular flexibility index (Phi) is 5.78. The Balaban J connectivity index is 1.91. The van der Waals surface area contributed by atoms with Crippen molar-refractivity contribution in [2.75, 3.05) is 6.61 Å². The molecule has 0 spiro atoms. The van der Waals surface area contributed by atoms with Crippen molar-refractivity contribution in [3.8, 4) is 11.5 Å². The van der Waals surface area contributed by atoms with Crippen LogP contribution in [0.5, 0.6) is 11.5 Å². The van der Waals surface area contributed by atoms with E-state index in [1.807, 2.05) is 36.4 Å². The van der Waals surface area contributed by atoms with Crippen molar-refractivity contribution in [3.05, 3.63) is 72.3 Å². The van der Waals surface area contributed by atoms with E-state index in [4.69, 9.17) is 9.47 Å². The number of allylic oxidation sites excluding steroid dienone is 1. The van der Waals surface area contributed by atoms with Crippen molar-refractivity contribution in [2.24, 2.45) is 0 Å². The van der Waals surface area contributed by atoms with Gasteiger partial charge in [-0.1, -0.05) is 43.3 Å². The van der Waals surface area contributed by atoms with Crippen LogP contribution in [0.25, 0.3) is 0 Å². The molecule has 3 heteroatoms. The van der Waals surface area contributed by atoms with Gasteiger partial charge in [-0.15, -0.1) is 6.58 Å². The zero-order chi connectivity index (χ0) is 15.8. The molecule has 2 aromatic rings. The normalized spacial score (nSPS) is 10.0. The van der Waals surface area contributed by atoms with Gasteiger partial charge in [0.2, 0.25) is 0 Å². The number of rotatable bonds is 7. The average Bonchev–Trinajstić information content (AvgIpc) is 2.55. The molecule has 0 aliphatic heterocycles. The Morgan fingerprint density at radius 3 is 2.55 bits per heavy atom. The van der Waals surface area contributed by atoms with Gasteiger partial charge in [0.1, 0.15) is 11.5 Å². The van der Waals surface area contributed by atoms with Crippen molar-refractivity contribution < 1.29 is 14.3 Å². The monoisotopic (exact) mass is 296 g/mol. The third kappa shape index (κ3) is 4.48. The lowest BCUT2D eigenvalue weighted by molar-refractivity contribution is -0.136. The summed E-state index contributed by atoms with van der Waals surface area (Å²) < 4.78 is 10.8. The zero-order valence-corrected chi connectivity index (χ0v) is 12.7. The molecule has 2 rings (SSSR count). The predicted octanol–water partition coefficient (Wildman–Crippen LogP) is 3.96. The number of carbonyl (C=O) groups is 1. The quantitative estimate of drug-likeness (QED) is 0.441. The van der Waals surface area contributed by atoms with Crippen LogP contribution < -0.4 is 9.47 Å². The van der Waals surface area contributed by atoms with Gasteiger partial charge in [-0.3, -0.25) is 0 Å². The Morgan fingerprint density at radius 1 is 1.14 bits per heavy atom. The second kappa shape index (κ2) is 8.03. The smallest absolute Gasteiger partial charge is 0.349 e. The molecule has 2 aromatic carbocycles. The third-order valence-corrected chi connectivity index (χ3v) is 3.25. The first-order valence-corrected chi connectivity index (χ1v) is 7.34. The first-order valence-electron chi connectivity index (χ1n) is 7.34. The van der Waals surface area contributed by atoms with Gasteiger partial charge in [-0.25, -0.2) is 4.79 Å². The minimum atomic E-state index is -0.419. The Hall–Kier alpha value is -2.55. The number of benzene rings is 2. The van der Waals surface area contributed by atoms with Crippen LogP contribution >= 0.6 is 0 Å². The van der Waals surface area contributed by atoms with Crippen molar-refractivity contribution in [2.45, 2.75) is 19.8 Å². The molecule has 0 saturated heterocycles. The summed E-state index contributed by atoms with van der Waals surface area (Å²) >= 11 is 0. The van der Waals surface area contributed by atoms with Crippen LogP contribution in [0.4, 0.5) is 0 Å². The highest BCUT2D eigenvalue weighted by Gasteiger charge is 2.08. The molecular weight excluding hydrogens is 276 g/mol. The van der Waals surface area contributed by atoms with Gasteiger partial charge in [0, 0.05) is 0 Å². The second-order valence-electron chi connectivity index (χ2n) is 4.86. The molecule has 0 unspecified atom stereocenters. The molecule has 114 valence electrons. The number of aryl methyl sites for hydroxylation is 1. The largest absolute Gasteiger partial charge is 0.482 e. The first kappa shape index (κ1) is 15.8. The maximum absolute atomic E-state index is 11.8. The summed E-state index contributed by atoms with van der Waals surface area (Å²) in [5.41, 5.74) is 2.20. The highest BCUT2D eigenvalue weighted by atomic mass is 16.6. The van der Waals surface area contributed by atoms with E-state index in [0.29, 0.717) is 17.9 Å². The van der Waals surface area contributed by atoms with E-state index in [1.165, 1.54) is 5.56 Å². The number of esters is 1. The molecule has 0 bridgehead atoms. The predicted molar refractivity (Wildman–Crippen MR) is 87.3 cm³/mol. The van der Waals surface area contributed by atoms with E-state index < -0.39 is 5.97 Å². The van der Waals surface area contributed by atoms with Crippen LogP contribution in [0.15, 0.2) is 61.2 Å². The second-order valence-corrected chi connectivity index (χ2v) is 4.86. The topological polar surface area (TPSA) is 35.5 Å². The summed E-state index contributed by atoms with van der Waals surface area (Å²) in [6.45, 7) is 5.67. The lowest BCUT2D eigenvalue weighted by Crippen LogP contribution is -2.18. The van der Waals surface area contributed by atoms with Crippen LogP contribution in [0, 0.1) is 0 Å². The minimum Gasteiger partial charge on any atom is -0.482 e. The maximum atomic E-state index is 11.8. The first-order chi connectivity index (χ1) is 10.7. The van der Waals surface area contributed by atoms with E-state index in [-0.39, 0.29) is 6.61 Å². The van der Waals surface area contributed by atoms with E-state index in [0.717, 1.165) is 12.0 Å². The number of hydrogen-bond donors (Lipinski definition) is 0. The molecule has 0 atom stereocenters. The van der Waals surface area contributed by atoms with E-state index in [1.54, 1.807) is 18.2 Å². The van der Waals surface area contributed by atoms with Crippen LogP contribution in [0.3, 0.4) is 0 Å². The van der Waals surface area contributed by atoms with E-state index in [2.05, 4.69) is 13.5 Å². The fourth-order valence-corrected chi connectivity index (χ4v) is 2.06. The van der Waals surface area contributed by atoms with Gasteiger partial charge in [-0.2, -0.15) is 0 Å². The lowest BCUT2D eigenvalue weighted by Gasteiger charge is -2.10. The molecule has 0 aliphatic carbocycles. The Bertz CT molecular complexity index is 629. The van der Waals surface area contributed by atoms with Crippen molar-refractivity contribution in [1.29, 1.82) is 0 Å². The third-order valence-electron chi connectivity index (χ3n) is 3.25. The van der Waals surface area contributed by atoms with Crippen molar-refractivity contribution in [3.63, 3.8) is 0 Å². The summed E-state index contributed by atoms with van der Waals surface area (Å²) in [6, 6.07) is 15.1. The molecular formula is C19H20O3. The van der Waals surface area contributed by atoms with Crippen molar-refractivity contribution >= 4 is 5.97 Å². The molecule has 0 heterocycles. The van der Waals surface area contributed by atoms with Crippen molar-refractivity contribution in [1.82, 2.24) is 0 Å². The van der Waals surface area contributed by atoms with Crippen LogP contribution in [0.2, 0.25) is 0 Å². The summed E-state index contributed by atoms with van der Waals surface area (Å²) in [4.78, 5) is 11.8. The fraction of sp³-hybridized carbons (Fsp3) is 0.211. The molecule has 0 amide bonds. The molecule has 0 aromatic heterocycles. The van der Waals surface area contributed by atoms with E-state index >= 15 is 0 Å². The number of hydrogen-bond acceptors (Lipinski definition) is 3. The average molecular weight is 296 g/mol. The zero-order valence-electron chi connectivity index (χ0n) is 12.7. The summed E-state index contributed by atoms with van der Waals surface area (Å²) in [5, 5.41) is 0. The molecule has 3 nitrogen and oxygen atoms in total. The molecule has 0 saturated carbocycles. The Morgan fingerprint density at radius 2 is 1.86 bits per heavy atom. The molecule has 0 fully saturated rings. The number of para-hydroxylation sites is 1. The summed E-state index contributed by atoms with van der Waals surface area (Å²) in [7, 11) is 0. The van der Waals surface area contributed by atoms with Gasteiger partial charge in [0.15, 0.2) is 6.61 Å². The number of ether oxygens (including phenoxy) is 2. The number of carbonyl (C=O) groups excluding carboxylic acids is 1. The summed E-state index contributed by atoms with van der Waals surface area (Å²) in [6.07, 6.45) is 3.46. The van der Waals surface area contributed by atoms with Gasteiger partial charge in [0.25, 0.3) is 0 Å². The fourth-order valence-electron chi connectivity index (χ4n) is 2.06. The minimum absolute atomic E-state index is 0.121. The molecule has 0 aliphatic rings. The van der Waals surface area contributed by atoms with Gasteiger partial charge in [0.05, 0.1) is 0 Å². The van der Waals surface area contributed by atoms with Crippen LogP contribution in [-0.4, -0.2) is 12.6 Å². The highest BCUT2D eigenvalue weighted by Crippen LogP contribution is 2.19. The Labute approximate surface area is 131 Å². The molecule has 0 N–H and O–H groups in total.